The zero-order valence-electron chi connectivity index (χ0n) is 14.5. The third-order valence-electron chi connectivity index (χ3n) is 4.29. The highest BCUT2D eigenvalue weighted by molar-refractivity contribution is 5.82. The number of carbonyl (C=O) groups excluding carboxylic acids is 1. The Hall–Kier alpha value is -2.17. The molecule has 3 rings (SSSR count). The highest BCUT2D eigenvalue weighted by atomic mass is 16.7. The van der Waals surface area contributed by atoms with Gasteiger partial charge >= 0.3 is 5.97 Å². The van der Waals surface area contributed by atoms with Crippen LogP contribution in [-0.4, -0.2) is 31.6 Å². The van der Waals surface area contributed by atoms with Crippen LogP contribution < -0.4 is 0 Å². The molecule has 25 heavy (non-hydrogen) atoms. The summed E-state index contributed by atoms with van der Waals surface area (Å²) in [7, 11) is 0. The van der Waals surface area contributed by atoms with Gasteiger partial charge in [-0.15, -0.1) is 0 Å². The molecule has 0 aliphatic carbocycles. The summed E-state index contributed by atoms with van der Waals surface area (Å²) in [6.07, 6.45) is 0.765. The average Bonchev–Trinajstić information content (AvgIpc) is 3.18. The van der Waals surface area contributed by atoms with E-state index >= 15 is 0 Å². The van der Waals surface area contributed by atoms with Crippen molar-refractivity contribution in [3.8, 4) is 0 Å². The van der Waals surface area contributed by atoms with Crippen LogP contribution in [0.2, 0.25) is 0 Å². The fourth-order valence-corrected chi connectivity index (χ4v) is 3.10. The van der Waals surface area contributed by atoms with Gasteiger partial charge in [0.25, 0.3) is 0 Å². The lowest BCUT2D eigenvalue weighted by Gasteiger charge is -2.25. The molecular weight excluding hydrogens is 316 g/mol. The zero-order chi connectivity index (χ0) is 17.5. The summed E-state index contributed by atoms with van der Waals surface area (Å²) in [6, 6.07) is 19.4. The minimum atomic E-state index is -0.462. The van der Waals surface area contributed by atoms with Crippen LogP contribution in [0.4, 0.5) is 0 Å². The molecule has 1 saturated heterocycles. The first kappa shape index (κ1) is 17.6. The molecule has 4 heteroatoms. The molecule has 1 aliphatic rings. The minimum absolute atomic E-state index is 0.269. The fourth-order valence-electron chi connectivity index (χ4n) is 3.10. The molecule has 0 aromatic heterocycles. The number of carbonyl (C=O) groups is 1. The third kappa shape index (κ3) is 4.47. The van der Waals surface area contributed by atoms with Crippen molar-refractivity contribution in [2.45, 2.75) is 38.1 Å². The average molecular weight is 340 g/mol. The number of benzene rings is 2. The molecular formula is C21H24O4. The maximum atomic E-state index is 13.1. The second kappa shape index (κ2) is 8.79. The number of esters is 1. The molecule has 1 heterocycles. The van der Waals surface area contributed by atoms with Crippen LogP contribution in [0.15, 0.2) is 60.7 Å². The Morgan fingerprint density at radius 3 is 2.00 bits per heavy atom. The Morgan fingerprint density at radius 1 is 1.00 bits per heavy atom. The molecule has 0 amide bonds. The van der Waals surface area contributed by atoms with Gasteiger partial charge in [-0.1, -0.05) is 74.0 Å². The van der Waals surface area contributed by atoms with Crippen LogP contribution in [0.3, 0.4) is 0 Å². The van der Waals surface area contributed by atoms with E-state index in [1.807, 2.05) is 60.7 Å². The fraction of sp³-hybridized carbons (Fsp3) is 0.381. The molecule has 2 aromatic rings. The summed E-state index contributed by atoms with van der Waals surface area (Å²) < 4.78 is 17.0. The van der Waals surface area contributed by atoms with Gasteiger partial charge in [0.05, 0.1) is 13.2 Å². The van der Waals surface area contributed by atoms with Gasteiger partial charge in [-0.05, 0) is 17.5 Å². The quantitative estimate of drug-likeness (QED) is 0.717. The highest BCUT2D eigenvalue weighted by Crippen LogP contribution is 2.28. The van der Waals surface area contributed by atoms with Crippen LogP contribution in [0.5, 0.6) is 0 Å². The molecule has 1 fully saturated rings. The predicted octanol–water partition coefficient (Wildman–Crippen LogP) is 3.90. The molecule has 0 spiro atoms. The maximum Gasteiger partial charge on any atom is 0.318 e. The Morgan fingerprint density at radius 2 is 1.52 bits per heavy atom. The molecule has 1 aliphatic heterocycles. The van der Waals surface area contributed by atoms with Crippen molar-refractivity contribution in [3.63, 3.8) is 0 Å². The van der Waals surface area contributed by atoms with E-state index in [0.717, 1.165) is 17.5 Å². The lowest BCUT2D eigenvalue weighted by atomic mass is 9.91. The van der Waals surface area contributed by atoms with Gasteiger partial charge in [0, 0.05) is 0 Å². The van der Waals surface area contributed by atoms with Gasteiger partial charge in [-0.2, -0.15) is 0 Å². The molecule has 0 unspecified atom stereocenters. The normalized spacial score (nSPS) is 16.1. The summed E-state index contributed by atoms with van der Waals surface area (Å²) in [6.45, 7) is 3.15. The molecule has 0 radical (unpaired) electrons. The van der Waals surface area contributed by atoms with Crippen molar-refractivity contribution < 1.29 is 19.0 Å². The van der Waals surface area contributed by atoms with E-state index in [-0.39, 0.29) is 12.1 Å². The Balaban J connectivity index is 1.83. The van der Waals surface area contributed by atoms with E-state index in [4.69, 9.17) is 14.2 Å². The van der Waals surface area contributed by atoms with Gasteiger partial charge in [0.1, 0.15) is 5.92 Å². The molecule has 0 bridgehead atoms. The lowest BCUT2D eigenvalue weighted by molar-refractivity contribution is -0.175. The molecule has 4 nitrogen and oxygen atoms in total. The lowest BCUT2D eigenvalue weighted by Crippen LogP contribution is -2.34. The summed E-state index contributed by atoms with van der Waals surface area (Å²) in [4.78, 5) is 13.1. The highest BCUT2D eigenvalue weighted by Gasteiger charge is 2.33. The van der Waals surface area contributed by atoms with Crippen molar-refractivity contribution in [2.75, 3.05) is 13.2 Å². The first-order valence-corrected chi connectivity index (χ1v) is 8.83. The van der Waals surface area contributed by atoms with Crippen LogP contribution >= 0.6 is 0 Å². The maximum absolute atomic E-state index is 13.1. The molecule has 0 N–H and O–H groups in total. The van der Waals surface area contributed by atoms with Crippen LogP contribution in [0.1, 0.15) is 36.8 Å². The second-order valence-electron chi connectivity index (χ2n) is 6.13. The summed E-state index contributed by atoms with van der Waals surface area (Å²) in [5, 5.41) is 0. The predicted molar refractivity (Wildman–Crippen MR) is 95.2 cm³/mol. The smallest absolute Gasteiger partial charge is 0.318 e. The monoisotopic (exact) mass is 340 g/mol. The van der Waals surface area contributed by atoms with Gasteiger partial charge in [0.2, 0.25) is 0 Å². The molecule has 132 valence electrons. The first-order valence-electron chi connectivity index (χ1n) is 8.83. The summed E-state index contributed by atoms with van der Waals surface area (Å²) >= 11 is 0. The SMILES string of the molecule is CCC[C@@H](OC(=O)C(c1ccccc1)c1ccccc1)C1OCCO1. The largest absolute Gasteiger partial charge is 0.456 e. The minimum Gasteiger partial charge on any atom is -0.456 e. The first-order chi connectivity index (χ1) is 12.3. The topological polar surface area (TPSA) is 44.8 Å². The number of ether oxygens (including phenoxy) is 3. The summed E-state index contributed by atoms with van der Waals surface area (Å²) in [5.41, 5.74) is 1.84. The van der Waals surface area contributed by atoms with E-state index in [1.54, 1.807) is 0 Å². The number of hydrogen-bond acceptors (Lipinski definition) is 4. The molecule has 0 saturated carbocycles. The van der Waals surface area contributed by atoms with E-state index in [0.29, 0.717) is 19.6 Å². The van der Waals surface area contributed by atoms with Crippen LogP contribution in [0.25, 0.3) is 0 Å². The van der Waals surface area contributed by atoms with E-state index < -0.39 is 12.2 Å². The van der Waals surface area contributed by atoms with Crippen molar-refractivity contribution in [1.29, 1.82) is 0 Å². The Kier molecular flexibility index (Phi) is 6.20. The second-order valence-corrected chi connectivity index (χ2v) is 6.13. The van der Waals surface area contributed by atoms with Gasteiger partial charge < -0.3 is 14.2 Å². The zero-order valence-corrected chi connectivity index (χ0v) is 14.5. The molecule has 1 atom stereocenters. The number of rotatable bonds is 7. The van der Waals surface area contributed by atoms with Crippen LogP contribution in [0, 0.1) is 0 Å². The van der Waals surface area contributed by atoms with Gasteiger partial charge in [0.15, 0.2) is 12.4 Å². The van der Waals surface area contributed by atoms with Gasteiger partial charge in [-0.25, -0.2) is 0 Å². The van der Waals surface area contributed by atoms with Crippen molar-refractivity contribution in [1.82, 2.24) is 0 Å². The van der Waals surface area contributed by atoms with Gasteiger partial charge in [-0.3, -0.25) is 4.79 Å². The van der Waals surface area contributed by atoms with Crippen molar-refractivity contribution >= 4 is 5.97 Å². The van der Waals surface area contributed by atoms with Crippen molar-refractivity contribution in [3.05, 3.63) is 71.8 Å². The van der Waals surface area contributed by atoms with E-state index in [9.17, 15) is 4.79 Å². The van der Waals surface area contributed by atoms with E-state index in [2.05, 4.69) is 6.92 Å². The Labute approximate surface area is 148 Å². The Bertz CT molecular complexity index is 611. The molecule has 2 aromatic carbocycles. The van der Waals surface area contributed by atoms with Crippen LogP contribution in [-0.2, 0) is 19.0 Å². The summed E-state index contributed by atoms with van der Waals surface area (Å²) in [5.74, 6) is -0.724. The van der Waals surface area contributed by atoms with Crippen molar-refractivity contribution in [2.24, 2.45) is 0 Å². The standard InChI is InChI=1S/C21H24O4/c1-2-9-18(21-23-14-15-24-21)25-20(22)19(16-10-5-3-6-11-16)17-12-7-4-8-13-17/h3-8,10-13,18-19,21H,2,9,14-15H2,1H3/t18-/m1/s1. The van der Waals surface area contributed by atoms with E-state index in [1.165, 1.54) is 0 Å². The third-order valence-corrected chi connectivity index (χ3v) is 4.29. The number of hydrogen-bond donors (Lipinski definition) is 0.